The lowest BCUT2D eigenvalue weighted by Crippen LogP contribution is -2.20. The molecule has 1 saturated heterocycles. The van der Waals surface area contributed by atoms with Gasteiger partial charge in [0, 0.05) is 6.54 Å². The minimum Gasteiger partial charge on any atom is -0.492 e. The fourth-order valence-corrected chi connectivity index (χ4v) is 2.32. The Balaban J connectivity index is 2.07. The quantitative estimate of drug-likeness (QED) is 0.837. The van der Waals surface area contributed by atoms with Crippen molar-refractivity contribution in [3.8, 4) is 5.75 Å². The second-order valence-electron chi connectivity index (χ2n) is 3.48. The number of carbonyl (C=O) groups excluding carboxylic acids is 2. The van der Waals surface area contributed by atoms with Crippen LogP contribution in [-0.2, 0) is 4.79 Å². The molecular formula is C11H12N2O3S. The molecule has 0 aromatic heterocycles. The standard InChI is InChI=1S/C11H12N2O3S/c12-5-6-16-8-3-1-7(2-4-8)9-10(14)13-11(15)17-9/h1-4,9H,5-6,12H2,(H,13,14,15). The van der Waals surface area contributed by atoms with Gasteiger partial charge >= 0.3 is 0 Å². The Morgan fingerprint density at radius 3 is 2.53 bits per heavy atom. The third-order valence-electron chi connectivity index (χ3n) is 2.26. The van der Waals surface area contributed by atoms with E-state index >= 15 is 0 Å². The fourth-order valence-electron chi connectivity index (χ4n) is 1.49. The summed E-state index contributed by atoms with van der Waals surface area (Å²) < 4.78 is 5.32. The van der Waals surface area contributed by atoms with E-state index in [1.54, 1.807) is 24.3 Å². The highest BCUT2D eigenvalue weighted by Gasteiger charge is 2.32. The summed E-state index contributed by atoms with van der Waals surface area (Å²) in [6.07, 6.45) is 0. The van der Waals surface area contributed by atoms with Crippen LogP contribution in [-0.4, -0.2) is 24.3 Å². The first-order valence-electron chi connectivity index (χ1n) is 5.15. The summed E-state index contributed by atoms with van der Waals surface area (Å²) in [4.78, 5) is 22.5. The van der Waals surface area contributed by atoms with Crippen molar-refractivity contribution in [3.63, 3.8) is 0 Å². The van der Waals surface area contributed by atoms with Crippen LogP contribution in [0, 0.1) is 0 Å². The first kappa shape index (κ1) is 11.9. The number of hydrogen-bond donors (Lipinski definition) is 2. The van der Waals surface area contributed by atoms with Gasteiger partial charge in [-0.05, 0) is 29.5 Å². The molecule has 1 atom stereocenters. The van der Waals surface area contributed by atoms with Gasteiger partial charge in [-0.3, -0.25) is 14.9 Å². The maximum Gasteiger partial charge on any atom is 0.286 e. The third kappa shape index (κ3) is 2.78. The molecular weight excluding hydrogens is 240 g/mol. The summed E-state index contributed by atoms with van der Waals surface area (Å²) in [5.41, 5.74) is 6.11. The molecule has 2 rings (SSSR count). The molecule has 1 unspecified atom stereocenters. The Bertz CT molecular complexity index is 433. The second-order valence-corrected chi connectivity index (χ2v) is 4.56. The highest BCUT2D eigenvalue weighted by molar-refractivity contribution is 8.15. The molecule has 1 aromatic rings. The molecule has 0 aliphatic carbocycles. The molecule has 5 nitrogen and oxygen atoms in total. The van der Waals surface area contributed by atoms with Crippen LogP contribution in [0.5, 0.6) is 5.75 Å². The van der Waals surface area contributed by atoms with Gasteiger partial charge in [-0.15, -0.1) is 0 Å². The molecule has 2 amide bonds. The summed E-state index contributed by atoms with van der Waals surface area (Å²) in [6, 6.07) is 7.09. The van der Waals surface area contributed by atoms with Crippen LogP contribution in [0.1, 0.15) is 10.8 Å². The van der Waals surface area contributed by atoms with E-state index in [2.05, 4.69) is 5.32 Å². The molecule has 0 spiro atoms. The monoisotopic (exact) mass is 252 g/mol. The van der Waals surface area contributed by atoms with Crippen LogP contribution >= 0.6 is 11.8 Å². The Kier molecular flexibility index (Phi) is 3.65. The van der Waals surface area contributed by atoms with E-state index < -0.39 is 5.25 Å². The van der Waals surface area contributed by atoms with Gasteiger partial charge in [0.2, 0.25) is 5.91 Å². The zero-order valence-electron chi connectivity index (χ0n) is 9.01. The van der Waals surface area contributed by atoms with Crippen molar-refractivity contribution in [2.45, 2.75) is 5.25 Å². The Labute approximate surface area is 103 Å². The molecule has 1 heterocycles. The smallest absolute Gasteiger partial charge is 0.286 e. The van der Waals surface area contributed by atoms with E-state index in [1.165, 1.54) is 0 Å². The maximum atomic E-state index is 11.4. The van der Waals surface area contributed by atoms with Crippen molar-refractivity contribution in [2.24, 2.45) is 5.73 Å². The molecule has 90 valence electrons. The molecule has 1 aromatic carbocycles. The van der Waals surface area contributed by atoms with Gasteiger partial charge in [-0.25, -0.2) is 0 Å². The van der Waals surface area contributed by atoms with Gasteiger partial charge in [-0.1, -0.05) is 12.1 Å². The lowest BCUT2D eigenvalue weighted by molar-refractivity contribution is -0.119. The van der Waals surface area contributed by atoms with Crippen molar-refractivity contribution in [1.82, 2.24) is 5.32 Å². The van der Waals surface area contributed by atoms with E-state index in [0.717, 1.165) is 17.3 Å². The van der Waals surface area contributed by atoms with Crippen LogP contribution in [0.2, 0.25) is 0 Å². The number of ether oxygens (including phenoxy) is 1. The lowest BCUT2D eigenvalue weighted by atomic mass is 10.1. The average molecular weight is 252 g/mol. The van der Waals surface area contributed by atoms with E-state index in [0.29, 0.717) is 18.9 Å². The molecule has 0 saturated carbocycles. The fraction of sp³-hybridized carbons (Fsp3) is 0.273. The molecule has 1 aliphatic rings. The van der Waals surface area contributed by atoms with Crippen LogP contribution in [0.25, 0.3) is 0 Å². The van der Waals surface area contributed by atoms with Gasteiger partial charge in [0.25, 0.3) is 5.24 Å². The molecule has 0 radical (unpaired) electrons. The molecule has 6 heteroatoms. The number of nitrogens with one attached hydrogen (secondary N) is 1. The first-order chi connectivity index (χ1) is 8.20. The minimum atomic E-state index is -0.453. The number of rotatable bonds is 4. The third-order valence-corrected chi connectivity index (χ3v) is 3.30. The second kappa shape index (κ2) is 5.20. The van der Waals surface area contributed by atoms with Gasteiger partial charge in [0.05, 0.1) is 0 Å². The van der Waals surface area contributed by atoms with E-state index in [9.17, 15) is 9.59 Å². The largest absolute Gasteiger partial charge is 0.492 e. The molecule has 1 aliphatic heterocycles. The predicted octanol–water partition coefficient (Wildman–Crippen LogP) is 1.05. The van der Waals surface area contributed by atoms with Crippen LogP contribution in [0.4, 0.5) is 4.79 Å². The predicted molar refractivity (Wildman–Crippen MR) is 64.9 cm³/mol. The van der Waals surface area contributed by atoms with Crippen molar-refractivity contribution in [2.75, 3.05) is 13.2 Å². The Morgan fingerprint density at radius 2 is 2.00 bits per heavy atom. The van der Waals surface area contributed by atoms with Crippen molar-refractivity contribution in [1.29, 1.82) is 0 Å². The van der Waals surface area contributed by atoms with Crippen molar-refractivity contribution in [3.05, 3.63) is 29.8 Å². The summed E-state index contributed by atoms with van der Waals surface area (Å²) in [7, 11) is 0. The first-order valence-corrected chi connectivity index (χ1v) is 6.03. The molecule has 3 N–H and O–H groups in total. The summed E-state index contributed by atoms with van der Waals surface area (Å²) in [5, 5.41) is 1.50. The van der Waals surface area contributed by atoms with E-state index in [1.807, 2.05) is 0 Å². The van der Waals surface area contributed by atoms with Gasteiger partial charge in [-0.2, -0.15) is 0 Å². The molecule has 1 fully saturated rings. The molecule has 17 heavy (non-hydrogen) atoms. The maximum absolute atomic E-state index is 11.4. The van der Waals surface area contributed by atoms with Gasteiger partial charge in [0.1, 0.15) is 17.6 Å². The summed E-state index contributed by atoms with van der Waals surface area (Å²) in [5.74, 6) is 0.435. The number of thioether (sulfide) groups is 1. The Morgan fingerprint density at radius 1 is 1.29 bits per heavy atom. The van der Waals surface area contributed by atoms with Crippen LogP contribution in [0.3, 0.4) is 0 Å². The van der Waals surface area contributed by atoms with Crippen LogP contribution in [0.15, 0.2) is 24.3 Å². The number of imide groups is 1. The minimum absolute atomic E-state index is 0.268. The number of amides is 2. The number of hydrogen-bond acceptors (Lipinski definition) is 5. The number of nitrogens with two attached hydrogens (primary N) is 1. The normalized spacial score (nSPS) is 19.2. The number of carbonyl (C=O) groups is 2. The highest BCUT2D eigenvalue weighted by Crippen LogP contribution is 2.34. The average Bonchev–Trinajstić information content (AvgIpc) is 2.66. The van der Waals surface area contributed by atoms with Gasteiger partial charge < -0.3 is 10.5 Å². The zero-order valence-corrected chi connectivity index (χ0v) is 9.83. The highest BCUT2D eigenvalue weighted by atomic mass is 32.2. The number of benzene rings is 1. The van der Waals surface area contributed by atoms with E-state index in [4.69, 9.17) is 10.5 Å². The van der Waals surface area contributed by atoms with Crippen LogP contribution < -0.4 is 15.8 Å². The summed E-state index contributed by atoms with van der Waals surface area (Å²) >= 11 is 0.990. The lowest BCUT2D eigenvalue weighted by Gasteiger charge is -2.08. The SMILES string of the molecule is NCCOc1ccc(C2SC(=O)NC2=O)cc1. The van der Waals surface area contributed by atoms with E-state index in [-0.39, 0.29) is 11.1 Å². The van der Waals surface area contributed by atoms with Crippen molar-refractivity contribution < 1.29 is 14.3 Å². The molecule has 0 bridgehead atoms. The zero-order chi connectivity index (χ0) is 12.3. The Hall–Kier alpha value is -1.53. The van der Waals surface area contributed by atoms with Gasteiger partial charge in [0.15, 0.2) is 0 Å². The summed E-state index contributed by atoms with van der Waals surface area (Å²) in [6.45, 7) is 0.910. The van der Waals surface area contributed by atoms with Crippen molar-refractivity contribution >= 4 is 22.9 Å². The topological polar surface area (TPSA) is 81.4 Å².